The zero-order valence-corrected chi connectivity index (χ0v) is 11.2. The van der Waals surface area contributed by atoms with Crippen molar-refractivity contribution in [1.82, 2.24) is 4.90 Å². The molecule has 17 heavy (non-hydrogen) atoms. The monoisotopic (exact) mass is 234 g/mol. The van der Waals surface area contributed by atoms with Gasteiger partial charge in [0.25, 0.3) is 5.91 Å². The number of hydrogen-bond donors (Lipinski definition) is 1. The molecular formula is C14H22N2O. The van der Waals surface area contributed by atoms with E-state index in [1.807, 2.05) is 30.9 Å². The van der Waals surface area contributed by atoms with Crippen molar-refractivity contribution in [1.29, 1.82) is 0 Å². The fourth-order valence-electron chi connectivity index (χ4n) is 1.75. The molecule has 3 heteroatoms. The van der Waals surface area contributed by atoms with E-state index in [4.69, 9.17) is 5.73 Å². The Kier molecular flexibility index (Phi) is 4.55. The zero-order valence-electron chi connectivity index (χ0n) is 11.2. The van der Waals surface area contributed by atoms with Gasteiger partial charge in [0.05, 0.1) is 0 Å². The van der Waals surface area contributed by atoms with E-state index in [9.17, 15) is 4.79 Å². The molecule has 94 valence electrons. The number of hydrogen-bond acceptors (Lipinski definition) is 2. The molecule has 0 spiro atoms. The van der Waals surface area contributed by atoms with Gasteiger partial charge in [0.15, 0.2) is 0 Å². The van der Waals surface area contributed by atoms with Gasteiger partial charge in [-0.3, -0.25) is 4.79 Å². The molecule has 0 bridgehead atoms. The van der Waals surface area contributed by atoms with E-state index in [1.54, 1.807) is 6.07 Å². The van der Waals surface area contributed by atoms with Crippen molar-refractivity contribution in [3.05, 3.63) is 29.3 Å². The van der Waals surface area contributed by atoms with Crippen LogP contribution in [0, 0.1) is 12.8 Å². The normalized spacial score (nSPS) is 10.6. The summed E-state index contributed by atoms with van der Waals surface area (Å²) < 4.78 is 0. The Bertz CT molecular complexity index is 399. The Morgan fingerprint density at radius 3 is 2.53 bits per heavy atom. The van der Waals surface area contributed by atoms with Crippen molar-refractivity contribution in [2.75, 3.05) is 18.8 Å². The summed E-state index contributed by atoms with van der Waals surface area (Å²) in [6.45, 7) is 9.67. The molecule has 3 nitrogen and oxygen atoms in total. The molecule has 0 aliphatic heterocycles. The predicted octanol–water partition coefficient (Wildman–Crippen LogP) is 2.70. The molecule has 0 aliphatic carbocycles. The Hall–Kier alpha value is -1.51. The number of nitrogens with two attached hydrogens (primary N) is 1. The first-order chi connectivity index (χ1) is 7.95. The third-order valence-corrected chi connectivity index (χ3v) is 2.78. The van der Waals surface area contributed by atoms with Gasteiger partial charge in [0.2, 0.25) is 0 Å². The third-order valence-electron chi connectivity index (χ3n) is 2.78. The fourth-order valence-corrected chi connectivity index (χ4v) is 1.75. The van der Waals surface area contributed by atoms with E-state index in [0.29, 0.717) is 17.2 Å². The molecule has 1 amide bonds. The van der Waals surface area contributed by atoms with Crippen LogP contribution >= 0.6 is 0 Å². The van der Waals surface area contributed by atoms with Gasteiger partial charge in [-0.1, -0.05) is 19.9 Å². The van der Waals surface area contributed by atoms with Crippen LogP contribution in [0.5, 0.6) is 0 Å². The zero-order chi connectivity index (χ0) is 13.0. The largest absolute Gasteiger partial charge is 0.398 e. The summed E-state index contributed by atoms with van der Waals surface area (Å²) in [7, 11) is 0. The molecule has 1 aromatic carbocycles. The molecule has 0 saturated heterocycles. The number of aryl methyl sites for hydroxylation is 1. The number of carbonyl (C=O) groups is 1. The Morgan fingerprint density at radius 1 is 1.41 bits per heavy atom. The minimum atomic E-state index is 0.0629. The summed E-state index contributed by atoms with van der Waals surface area (Å²) >= 11 is 0. The summed E-state index contributed by atoms with van der Waals surface area (Å²) in [6.07, 6.45) is 0. The van der Waals surface area contributed by atoms with Crippen LogP contribution in [0.15, 0.2) is 18.2 Å². The predicted molar refractivity (Wildman–Crippen MR) is 72.0 cm³/mol. The maximum atomic E-state index is 12.2. The summed E-state index contributed by atoms with van der Waals surface area (Å²) in [5.41, 5.74) is 8.19. The van der Waals surface area contributed by atoms with E-state index in [1.165, 1.54) is 0 Å². The SMILES string of the molecule is CCN(CC(C)C)C(=O)c1ccc(C)c(N)c1. The molecule has 1 aromatic rings. The molecule has 2 N–H and O–H groups in total. The first kappa shape index (κ1) is 13.6. The Balaban J connectivity index is 2.90. The molecule has 0 radical (unpaired) electrons. The van der Waals surface area contributed by atoms with Crippen LogP contribution in [0.3, 0.4) is 0 Å². The van der Waals surface area contributed by atoms with Crippen molar-refractivity contribution in [2.24, 2.45) is 5.92 Å². The summed E-state index contributed by atoms with van der Waals surface area (Å²) in [5, 5.41) is 0. The van der Waals surface area contributed by atoms with Crippen LogP contribution in [0.25, 0.3) is 0 Å². The highest BCUT2D eigenvalue weighted by atomic mass is 16.2. The van der Waals surface area contributed by atoms with E-state index in [0.717, 1.165) is 18.7 Å². The summed E-state index contributed by atoms with van der Waals surface area (Å²) in [5.74, 6) is 0.537. The Labute approximate surface area is 104 Å². The van der Waals surface area contributed by atoms with Crippen molar-refractivity contribution >= 4 is 11.6 Å². The van der Waals surface area contributed by atoms with Gasteiger partial charge in [-0.25, -0.2) is 0 Å². The van der Waals surface area contributed by atoms with Crippen molar-refractivity contribution in [3.8, 4) is 0 Å². The van der Waals surface area contributed by atoms with Crippen LogP contribution in [-0.2, 0) is 0 Å². The van der Waals surface area contributed by atoms with Crippen molar-refractivity contribution in [3.63, 3.8) is 0 Å². The molecule has 0 atom stereocenters. The van der Waals surface area contributed by atoms with Gasteiger partial charge in [-0.2, -0.15) is 0 Å². The first-order valence-electron chi connectivity index (χ1n) is 6.11. The quantitative estimate of drug-likeness (QED) is 0.814. The highest BCUT2D eigenvalue weighted by Gasteiger charge is 2.15. The Morgan fingerprint density at radius 2 is 2.06 bits per heavy atom. The summed E-state index contributed by atoms with van der Waals surface area (Å²) in [6, 6.07) is 5.50. The number of anilines is 1. The van der Waals surface area contributed by atoms with Crippen LogP contribution in [0.1, 0.15) is 36.7 Å². The van der Waals surface area contributed by atoms with Crippen LogP contribution in [0.2, 0.25) is 0 Å². The lowest BCUT2D eigenvalue weighted by Gasteiger charge is -2.23. The van der Waals surface area contributed by atoms with Gasteiger partial charge >= 0.3 is 0 Å². The minimum absolute atomic E-state index is 0.0629. The second-order valence-corrected chi connectivity index (χ2v) is 4.81. The average Bonchev–Trinajstić information content (AvgIpc) is 2.28. The number of nitrogen functional groups attached to an aromatic ring is 1. The maximum Gasteiger partial charge on any atom is 0.253 e. The minimum Gasteiger partial charge on any atom is -0.398 e. The topological polar surface area (TPSA) is 46.3 Å². The molecule has 0 aromatic heterocycles. The van der Waals surface area contributed by atoms with E-state index < -0.39 is 0 Å². The summed E-state index contributed by atoms with van der Waals surface area (Å²) in [4.78, 5) is 14.1. The van der Waals surface area contributed by atoms with E-state index in [-0.39, 0.29) is 5.91 Å². The molecule has 0 fully saturated rings. The number of nitrogens with zero attached hydrogens (tertiary/aromatic N) is 1. The van der Waals surface area contributed by atoms with Crippen molar-refractivity contribution < 1.29 is 4.79 Å². The van der Waals surface area contributed by atoms with Crippen LogP contribution < -0.4 is 5.73 Å². The second kappa shape index (κ2) is 5.71. The smallest absolute Gasteiger partial charge is 0.253 e. The van der Waals surface area contributed by atoms with Crippen LogP contribution in [0.4, 0.5) is 5.69 Å². The second-order valence-electron chi connectivity index (χ2n) is 4.81. The van der Waals surface area contributed by atoms with Gasteiger partial charge in [-0.05, 0) is 37.5 Å². The molecular weight excluding hydrogens is 212 g/mol. The number of rotatable bonds is 4. The van der Waals surface area contributed by atoms with Crippen molar-refractivity contribution in [2.45, 2.75) is 27.7 Å². The number of amides is 1. The lowest BCUT2D eigenvalue weighted by Crippen LogP contribution is -2.34. The van der Waals surface area contributed by atoms with Crippen LogP contribution in [-0.4, -0.2) is 23.9 Å². The highest BCUT2D eigenvalue weighted by molar-refractivity contribution is 5.95. The molecule has 0 aliphatic rings. The number of carbonyl (C=O) groups excluding carboxylic acids is 1. The average molecular weight is 234 g/mol. The van der Waals surface area contributed by atoms with Gasteiger partial charge in [-0.15, -0.1) is 0 Å². The number of benzene rings is 1. The van der Waals surface area contributed by atoms with E-state index in [2.05, 4.69) is 13.8 Å². The highest BCUT2D eigenvalue weighted by Crippen LogP contribution is 2.15. The molecule has 0 heterocycles. The first-order valence-corrected chi connectivity index (χ1v) is 6.11. The van der Waals surface area contributed by atoms with Gasteiger partial charge in [0.1, 0.15) is 0 Å². The third kappa shape index (κ3) is 3.48. The fraction of sp³-hybridized carbons (Fsp3) is 0.500. The van der Waals surface area contributed by atoms with Gasteiger partial charge in [0, 0.05) is 24.3 Å². The molecule has 0 saturated carbocycles. The molecule has 0 unspecified atom stereocenters. The van der Waals surface area contributed by atoms with Gasteiger partial charge < -0.3 is 10.6 Å². The lowest BCUT2D eigenvalue weighted by atomic mass is 10.1. The lowest BCUT2D eigenvalue weighted by molar-refractivity contribution is 0.0746. The van der Waals surface area contributed by atoms with E-state index >= 15 is 0 Å². The maximum absolute atomic E-state index is 12.2. The standard InChI is InChI=1S/C14H22N2O/c1-5-16(9-10(2)3)14(17)12-7-6-11(4)13(15)8-12/h6-8,10H,5,9,15H2,1-4H3. The molecule has 1 rings (SSSR count).